The Balaban J connectivity index is 1.57. The molecule has 0 saturated carbocycles. The maximum absolute atomic E-state index is 12.9. The van der Waals surface area contributed by atoms with Crippen molar-refractivity contribution in [2.45, 2.75) is 20.3 Å². The van der Waals surface area contributed by atoms with Crippen LogP contribution in [0.3, 0.4) is 0 Å². The minimum absolute atomic E-state index is 0.0243. The van der Waals surface area contributed by atoms with Gasteiger partial charge in [-0.3, -0.25) is 4.79 Å². The maximum atomic E-state index is 12.9. The van der Waals surface area contributed by atoms with E-state index < -0.39 is 0 Å². The molecule has 0 saturated heterocycles. The van der Waals surface area contributed by atoms with Crippen LogP contribution in [-0.2, 0) is 0 Å². The number of benzene rings is 2. The van der Waals surface area contributed by atoms with Crippen LogP contribution < -0.4 is 21.8 Å². The zero-order valence-corrected chi connectivity index (χ0v) is 18.4. The standard InChI is InChI=1S/C23H28N8O/c1-3-31(4-2)14-8-13-25-22-28-21(24)29-23(30-22)27-18-12-7-10-16-19(18)26-17-11-6-5-9-15(17)20(16)32/h5-7,9-12H,3-4,8,13-14H2,1-2H3,(H,26,32)(H4,24,25,27,28,29,30). The van der Waals surface area contributed by atoms with Crippen LogP contribution >= 0.6 is 0 Å². The molecule has 2 aromatic carbocycles. The number of para-hydroxylation sites is 2. The molecular formula is C23H28N8O. The van der Waals surface area contributed by atoms with Gasteiger partial charge in [0.05, 0.1) is 11.2 Å². The highest BCUT2D eigenvalue weighted by atomic mass is 16.1. The van der Waals surface area contributed by atoms with Crippen molar-refractivity contribution in [2.24, 2.45) is 0 Å². The van der Waals surface area contributed by atoms with Crippen LogP contribution in [0.25, 0.3) is 21.8 Å². The molecule has 0 spiro atoms. The summed E-state index contributed by atoms with van der Waals surface area (Å²) in [5, 5.41) is 7.64. The molecule has 4 aromatic rings. The molecule has 0 aliphatic rings. The lowest BCUT2D eigenvalue weighted by molar-refractivity contribution is 0.303. The highest BCUT2D eigenvalue weighted by Gasteiger charge is 2.11. The summed E-state index contributed by atoms with van der Waals surface area (Å²) >= 11 is 0. The van der Waals surface area contributed by atoms with E-state index in [4.69, 9.17) is 5.73 Å². The topological polar surface area (TPSA) is 125 Å². The Labute approximate surface area is 186 Å². The molecule has 5 N–H and O–H groups in total. The molecule has 0 amide bonds. The smallest absolute Gasteiger partial charge is 0.233 e. The van der Waals surface area contributed by atoms with E-state index in [1.54, 1.807) is 6.07 Å². The van der Waals surface area contributed by atoms with Gasteiger partial charge in [0.1, 0.15) is 0 Å². The van der Waals surface area contributed by atoms with Crippen LogP contribution in [0.4, 0.5) is 23.5 Å². The van der Waals surface area contributed by atoms with Crippen molar-refractivity contribution < 1.29 is 0 Å². The number of rotatable bonds is 9. The molecule has 2 heterocycles. The van der Waals surface area contributed by atoms with Crippen LogP contribution in [0.2, 0.25) is 0 Å². The SMILES string of the molecule is CCN(CC)CCCNc1nc(N)nc(Nc2cccc3c(=O)c4ccccc4[nH]c23)n1. The first-order chi connectivity index (χ1) is 15.6. The normalized spacial score (nSPS) is 11.3. The van der Waals surface area contributed by atoms with Gasteiger partial charge in [-0.15, -0.1) is 0 Å². The summed E-state index contributed by atoms with van der Waals surface area (Å²) in [5.41, 5.74) is 8.02. The van der Waals surface area contributed by atoms with Crippen LogP contribution in [0.1, 0.15) is 20.3 Å². The third kappa shape index (κ3) is 4.62. The van der Waals surface area contributed by atoms with Crippen LogP contribution in [0.5, 0.6) is 0 Å². The average molecular weight is 433 g/mol. The largest absolute Gasteiger partial charge is 0.368 e. The average Bonchev–Trinajstić information content (AvgIpc) is 2.80. The first-order valence-corrected chi connectivity index (χ1v) is 10.9. The molecule has 9 heteroatoms. The number of hydrogen-bond donors (Lipinski definition) is 4. The number of aromatic amines is 1. The van der Waals surface area contributed by atoms with Gasteiger partial charge >= 0.3 is 0 Å². The first kappa shape index (κ1) is 21.5. The minimum Gasteiger partial charge on any atom is -0.368 e. The van der Waals surface area contributed by atoms with E-state index in [9.17, 15) is 4.79 Å². The lowest BCUT2D eigenvalue weighted by Crippen LogP contribution is -2.25. The van der Waals surface area contributed by atoms with Gasteiger partial charge in [-0.1, -0.05) is 32.0 Å². The summed E-state index contributed by atoms with van der Waals surface area (Å²) in [6, 6.07) is 12.9. The lowest BCUT2D eigenvalue weighted by atomic mass is 10.1. The molecule has 0 fully saturated rings. The van der Waals surface area contributed by atoms with Gasteiger partial charge in [0.25, 0.3) is 0 Å². The van der Waals surface area contributed by atoms with Crippen molar-refractivity contribution in [3.63, 3.8) is 0 Å². The Morgan fingerprint density at radius 1 is 0.969 bits per heavy atom. The van der Waals surface area contributed by atoms with E-state index in [1.807, 2.05) is 36.4 Å². The van der Waals surface area contributed by atoms with Crippen molar-refractivity contribution in [3.05, 3.63) is 52.7 Å². The van der Waals surface area contributed by atoms with Crippen LogP contribution in [0.15, 0.2) is 47.3 Å². The number of nitrogens with two attached hydrogens (primary N) is 1. The predicted molar refractivity (Wildman–Crippen MR) is 130 cm³/mol. The third-order valence-corrected chi connectivity index (χ3v) is 5.47. The molecule has 4 rings (SSSR count). The van der Waals surface area contributed by atoms with Crippen molar-refractivity contribution in [2.75, 3.05) is 42.5 Å². The van der Waals surface area contributed by atoms with Gasteiger partial charge in [-0.25, -0.2) is 0 Å². The number of nitrogens with zero attached hydrogens (tertiary/aromatic N) is 4. The number of hydrogen-bond acceptors (Lipinski definition) is 8. The van der Waals surface area contributed by atoms with E-state index in [0.717, 1.165) is 38.1 Å². The van der Waals surface area contributed by atoms with Gasteiger partial charge in [0.15, 0.2) is 5.43 Å². The third-order valence-electron chi connectivity index (χ3n) is 5.47. The lowest BCUT2D eigenvalue weighted by Gasteiger charge is -2.17. The molecule has 9 nitrogen and oxygen atoms in total. The molecule has 2 aromatic heterocycles. The molecule has 32 heavy (non-hydrogen) atoms. The highest BCUT2D eigenvalue weighted by molar-refractivity contribution is 5.98. The predicted octanol–water partition coefficient (Wildman–Crippen LogP) is 3.34. The van der Waals surface area contributed by atoms with E-state index in [-0.39, 0.29) is 11.4 Å². The fourth-order valence-electron chi connectivity index (χ4n) is 3.74. The number of nitrogen functional groups attached to an aromatic ring is 1. The second-order valence-electron chi connectivity index (χ2n) is 7.50. The van der Waals surface area contributed by atoms with Gasteiger partial charge in [-0.2, -0.15) is 15.0 Å². The minimum atomic E-state index is -0.0243. The Morgan fingerprint density at radius 2 is 1.72 bits per heavy atom. The molecular weight excluding hydrogens is 404 g/mol. The molecule has 0 radical (unpaired) electrons. The van der Waals surface area contributed by atoms with Gasteiger partial charge in [0.2, 0.25) is 17.8 Å². The van der Waals surface area contributed by atoms with Gasteiger partial charge in [-0.05, 0) is 50.3 Å². The molecule has 0 bridgehead atoms. The molecule has 166 valence electrons. The number of pyridine rings is 1. The number of anilines is 4. The Morgan fingerprint density at radius 3 is 2.53 bits per heavy atom. The zero-order valence-electron chi connectivity index (χ0n) is 18.4. The van der Waals surface area contributed by atoms with Crippen LogP contribution in [-0.4, -0.2) is 51.0 Å². The Hall–Kier alpha value is -3.72. The van der Waals surface area contributed by atoms with Crippen molar-refractivity contribution in [1.29, 1.82) is 0 Å². The highest BCUT2D eigenvalue weighted by Crippen LogP contribution is 2.24. The summed E-state index contributed by atoms with van der Waals surface area (Å²) in [6.45, 7) is 8.11. The van der Waals surface area contributed by atoms with E-state index in [2.05, 4.69) is 49.3 Å². The Bertz CT molecular complexity index is 1280. The first-order valence-electron chi connectivity index (χ1n) is 10.9. The van der Waals surface area contributed by atoms with E-state index >= 15 is 0 Å². The summed E-state index contributed by atoms with van der Waals surface area (Å²) in [5.74, 6) is 0.844. The maximum Gasteiger partial charge on any atom is 0.233 e. The quantitative estimate of drug-likeness (QED) is 0.234. The number of H-pyrrole nitrogens is 1. The van der Waals surface area contributed by atoms with Gasteiger partial charge < -0.3 is 26.3 Å². The monoisotopic (exact) mass is 432 g/mol. The summed E-state index contributed by atoms with van der Waals surface area (Å²) in [7, 11) is 0. The second-order valence-corrected chi connectivity index (χ2v) is 7.50. The molecule has 0 atom stereocenters. The molecule has 0 unspecified atom stereocenters. The molecule has 0 aliphatic heterocycles. The molecule has 0 aliphatic carbocycles. The van der Waals surface area contributed by atoms with E-state index in [1.165, 1.54) is 0 Å². The van der Waals surface area contributed by atoms with Gasteiger partial charge in [0, 0.05) is 22.8 Å². The Kier molecular flexibility index (Phi) is 6.46. The van der Waals surface area contributed by atoms with Crippen LogP contribution in [0, 0.1) is 0 Å². The van der Waals surface area contributed by atoms with Crippen molar-refractivity contribution in [1.82, 2.24) is 24.8 Å². The fourth-order valence-corrected chi connectivity index (χ4v) is 3.74. The zero-order chi connectivity index (χ0) is 22.5. The summed E-state index contributed by atoms with van der Waals surface area (Å²) in [6.07, 6.45) is 0.966. The summed E-state index contributed by atoms with van der Waals surface area (Å²) < 4.78 is 0. The number of nitrogens with one attached hydrogen (secondary N) is 3. The van der Waals surface area contributed by atoms with Crippen molar-refractivity contribution in [3.8, 4) is 0 Å². The summed E-state index contributed by atoms with van der Waals surface area (Å²) in [4.78, 5) is 31.5. The number of aromatic nitrogens is 4. The number of fused-ring (bicyclic) bond motifs is 2. The second kappa shape index (κ2) is 9.61. The fraction of sp³-hybridized carbons (Fsp3) is 0.304. The van der Waals surface area contributed by atoms with E-state index in [0.29, 0.717) is 33.9 Å². The van der Waals surface area contributed by atoms with Crippen molar-refractivity contribution >= 4 is 45.3 Å².